The molecule has 0 spiro atoms. The Hall–Kier alpha value is -1.87. The zero-order valence-electron chi connectivity index (χ0n) is 11.4. The van der Waals surface area contributed by atoms with Crippen LogP contribution in [-0.2, 0) is 14.1 Å². The molecule has 3 heteroatoms. The van der Waals surface area contributed by atoms with E-state index < -0.39 is 0 Å². The summed E-state index contributed by atoms with van der Waals surface area (Å²) < 4.78 is 5.67. The molecule has 4 aromatic rings. The molecule has 2 heterocycles. The number of pyridine rings is 1. The Kier molecular flexibility index (Phi) is 2.42. The van der Waals surface area contributed by atoms with E-state index in [4.69, 9.17) is 0 Å². The largest absolute Gasteiger partial charge is 0.338 e. The number of fused-ring (bicyclic) bond motifs is 4. The topological polar surface area (TPSA) is 8.81 Å². The van der Waals surface area contributed by atoms with Gasteiger partial charge in [0, 0.05) is 23.0 Å². The molecule has 0 aliphatic heterocycles. The molecule has 0 amide bonds. The molecule has 0 atom stereocenters. The van der Waals surface area contributed by atoms with Gasteiger partial charge in [0.15, 0.2) is 0 Å². The number of aromatic nitrogens is 2. The van der Waals surface area contributed by atoms with Crippen LogP contribution in [0.25, 0.3) is 32.8 Å². The zero-order valence-corrected chi connectivity index (χ0v) is 13.0. The number of hydrogen-bond acceptors (Lipinski definition) is 0. The fraction of sp³-hybridized carbons (Fsp3) is 0.118. The van der Waals surface area contributed by atoms with Crippen molar-refractivity contribution < 1.29 is 4.57 Å². The molecule has 2 aromatic heterocycles. The predicted molar refractivity (Wildman–Crippen MR) is 86.8 cm³/mol. The van der Waals surface area contributed by atoms with Crippen molar-refractivity contribution in [3.8, 4) is 0 Å². The van der Waals surface area contributed by atoms with Crippen LogP contribution in [0.1, 0.15) is 0 Å². The van der Waals surface area contributed by atoms with E-state index in [0.29, 0.717) is 0 Å². The van der Waals surface area contributed by atoms with E-state index in [0.717, 1.165) is 4.47 Å². The van der Waals surface area contributed by atoms with Crippen LogP contribution in [0.3, 0.4) is 0 Å². The maximum absolute atomic E-state index is 3.56. The van der Waals surface area contributed by atoms with E-state index in [9.17, 15) is 0 Å². The van der Waals surface area contributed by atoms with Crippen LogP contribution in [0.15, 0.2) is 53.0 Å². The van der Waals surface area contributed by atoms with Gasteiger partial charge >= 0.3 is 0 Å². The number of hydrogen-bond donors (Lipinski definition) is 0. The molecule has 20 heavy (non-hydrogen) atoms. The number of benzene rings is 2. The lowest BCUT2D eigenvalue weighted by atomic mass is 10.1. The van der Waals surface area contributed by atoms with Gasteiger partial charge in [-0.25, -0.2) is 0 Å². The Morgan fingerprint density at radius 3 is 2.65 bits per heavy atom. The maximum Gasteiger partial charge on any atom is 0.238 e. The third kappa shape index (κ3) is 1.47. The summed E-state index contributed by atoms with van der Waals surface area (Å²) in [6.45, 7) is 0. The minimum atomic E-state index is 1.11. The molecule has 0 unspecified atom stereocenters. The maximum atomic E-state index is 3.56. The van der Waals surface area contributed by atoms with Crippen molar-refractivity contribution in [3.05, 3.63) is 53.0 Å². The second-order valence-electron chi connectivity index (χ2n) is 5.22. The number of para-hydroxylation sites is 1. The van der Waals surface area contributed by atoms with Crippen molar-refractivity contribution >= 4 is 48.8 Å². The van der Waals surface area contributed by atoms with E-state index in [1.54, 1.807) is 0 Å². The molecule has 4 rings (SSSR count). The monoisotopic (exact) mass is 325 g/mol. The lowest BCUT2D eigenvalue weighted by Gasteiger charge is -2.01. The Balaban J connectivity index is 2.34. The third-order valence-corrected chi connectivity index (χ3v) is 4.60. The smallest absolute Gasteiger partial charge is 0.238 e. The van der Waals surface area contributed by atoms with Crippen molar-refractivity contribution in [2.75, 3.05) is 0 Å². The summed E-state index contributed by atoms with van der Waals surface area (Å²) >= 11 is 3.56. The SMILES string of the molecule is Cn1c2ccccc2c2c1cc1cc(Br)ccc1[n+]2C. The van der Waals surface area contributed by atoms with Gasteiger partial charge in [0.05, 0.1) is 10.9 Å². The first-order chi connectivity index (χ1) is 9.66. The molecule has 0 saturated carbocycles. The highest BCUT2D eigenvalue weighted by Crippen LogP contribution is 2.28. The van der Waals surface area contributed by atoms with Crippen LogP contribution in [0.4, 0.5) is 0 Å². The van der Waals surface area contributed by atoms with E-state index in [1.807, 2.05) is 0 Å². The molecule has 0 aliphatic rings. The molecule has 0 saturated heterocycles. The second kappa shape index (κ2) is 4.06. The molecular weight excluding hydrogens is 312 g/mol. The predicted octanol–water partition coefficient (Wildman–Crippen LogP) is 4.07. The number of nitrogens with zero attached hydrogens (tertiary/aromatic N) is 2. The fourth-order valence-electron chi connectivity index (χ4n) is 3.12. The van der Waals surface area contributed by atoms with Crippen molar-refractivity contribution in [3.63, 3.8) is 0 Å². The van der Waals surface area contributed by atoms with Crippen molar-refractivity contribution in [2.45, 2.75) is 0 Å². The van der Waals surface area contributed by atoms with Gasteiger partial charge in [-0.05, 0) is 30.3 Å². The van der Waals surface area contributed by atoms with Crippen molar-refractivity contribution in [2.24, 2.45) is 14.1 Å². The van der Waals surface area contributed by atoms with Crippen molar-refractivity contribution in [1.29, 1.82) is 0 Å². The normalized spacial score (nSPS) is 11.8. The average molecular weight is 326 g/mol. The molecule has 2 nitrogen and oxygen atoms in total. The standard InChI is InChI=1S/C17H14BrN2/c1-19-15-6-4-3-5-13(15)17-16(19)10-11-9-12(18)7-8-14(11)20(17)2/h3-10H,1-2H3/q+1. The van der Waals surface area contributed by atoms with Crippen LogP contribution >= 0.6 is 15.9 Å². The molecule has 0 radical (unpaired) electrons. The van der Waals surface area contributed by atoms with E-state index >= 15 is 0 Å². The van der Waals surface area contributed by atoms with E-state index in [2.05, 4.69) is 87.7 Å². The molecule has 2 aromatic carbocycles. The molecule has 98 valence electrons. The van der Waals surface area contributed by atoms with Crippen LogP contribution in [-0.4, -0.2) is 4.57 Å². The van der Waals surface area contributed by atoms with Gasteiger partial charge in [0.2, 0.25) is 11.0 Å². The first kappa shape index (κ1) is 11.9. The summed E-state index contributed by atoms with van der Waals surface area (Å²) in [6, 6.07) is 17.3. The number of halogens is 1. The number of aryl methyl sites for hydroxylation is 2. The van der Waals surface area contributed by atoms with Gasteiger partial charge in [-0.1, -0.05) is 28.1 Å². The molecule has 0 fully saturated rings. The van der Waals surface area contributed by atoms with Crippen molar-refractivity contribution in [1.82, 2.24) is 4.57 Å². The number of rotatable bonds is 0. The van der Waals surface area contributed by atoms with Crippen LogP contribution < -0.4 is 4.57 Å². The first-order valence-corrected chi connectivity index (χ1v) is 7.41. The van der Waals surface area contributed by atoms with E-state index in [-0.39, 0.29) is 0 Å². The quantitative estimate of drug-likeness (QED) is 0.431. The Bertz CT molecular complexity index is 983. The highest BCUT2D eigenvalue weighted by Gasteiger charge is 2.19. The lowest BCUT2D eigenvalue weighted by Crippen LogP contribution is -2.29. The second-order valence-corrected chi connectivity index (χ2v) is 6.13. The van der Waals surface area contributed by atoms with Crippen LogP contribution in [0.5, 0.6) is 0 Å². The fourth-order valence-corrected chi connectivity index (χ4v) is 3.50. The Morgan fingerprint density at radius 1 is 1.00 bits per heavy atom. The Labute approximate surface area is 125 Å². The summed E-state index contributed by atoms with van der Waals surface area (Å²) in [5, 5.41) is 2.55. The third-order valence-electron chi connectivity index (χ3n) is 4.10. The van der Waals surface area contributed by atoms with Gasteiger partial charge in [-0.15, -0.1) is 0 Å². The van der Waals surface area contributed by atoms with Gasteiger partial charge in [-0.2, -0.15) is 4.57 Å². The minimum Gasteiger partial charge on any atom is -0.338 e. The van der Waals surface area contributed by atoms with Crippen LogP contribution in [0, 0.1) is 0 Å². The lowest BCUT2D eigenvalue weighted by molar-refractivity contribution is -0.616. The van der Waals surface area contributed by atoms with Crippen LogP contribution in [0.2, 0.25) is 0 Å². The Morgan fingerprint density at radius 2 is 1.80 bits per heavy atom. The van der Waals surface area contributed by atoms with Gasteiger partial charge in [0.25, 0.3) is 0 Å². The average Bonchev–Trinajstić information content (AvgIpc) is 2.73. The molecule has 0 bridgehead atoms. The van der Waals surface area contributed by atoms with Gasteiger partial charge in [0.1, 0.15) is 12.6 Å². The first-order valence-electron chi connectivity index (χ1n) is 6.62. The van der Waals surface area contributed by atoms with Gasteiger partial charge < -0.3 is 4.57 Å². The van der Waals surface area contributed by atoms with Gasteiger partial charge in [-0.3, -0.25) is 0 Å². The molecule has 0 aliphatic carbocycles. The molecule has 0 N–H and O–H groups in total. The minimum absolute atomic E-state index is 1.11. The summed E-state index contributed by atoms with van der Waals surface area (Å²) in [5.74, 6) is 0. The molecular formula is C17H14BrN2+. The summed E-state index contributed by atoms with van der Waals surface area (Å²) in [6.07, 6.45) is 0. The highest BCUT2D eigenvalue weighted by molar-refractivity contribution is 9.10. The highest BCUT2D eigenvalue weighted by atomic mass is 79.9. The summed E-state index contributed by atoms with van der Waals surface area (Å²) in [7, 11) is 4.28. The summed E-state index contributed by atoms with van der Waals surface area (Å²) in [4.78, 5) is 0. The van der Waals surface area contributed by atoms with E-state index in [1.165, 1.54) is 32.8 Å². The zero-order chi connectivity index (χ0) is 13.9. The summed E-state index contributed by atoms with van der Waals surface area (Å²) in [5.41, 5.74) is 5.07.